The summed E-state index contributed by atoms with van der Waals surface area (Å²) in [5.41, 5.74) is 0. The second-order valence-corrected chi connectivity index (χ2v) is 5.98. The third-order valence-electron chi connectivity index (χ3n) is 4.46. The van der Waals surface area contributed by atoms with Crippen LogP contribution in [0.2, 0.25) is 0 Å². The first-order valence-corrected chi connectivity index (χ1v) is 7.39. The molecule has 0 aromatic rings. The Hall–Kier alpha value is -1.10. The molecule has 0 aromatic heterocycles. The van der Waals surface area contributed by atoms with Gasteiger partial charge in [0, 0.05) is 13.2 Å². The fourth-order valence-corrected chi connectivity index (χ4v) is 3.01. The number of hydrogen-bond donors (Lipinski definition) is 1. The zero-order chi connectivity index (χ0) is 13.4. The first-order valence-electron chi connectivity index (χ1n) is 7.39. The van der Waals surface area contributed by atoms with Crippen LogP contribution in [0.5, 0.6) is 0 Å². The van der Waals surface area contributed by atoms with Crippen LogP contribution in [0.3, 0.4) is 0 Å². The van der Waals surface area contributed by atoms with Gasteiger partial charge in [-0.2, -0.15) is 0 Å². The highest BCUT2D eigenvalue weighted by atomic mass is 16.5. The molecule has 0 radical (unpaired) electrons. The monoisotopic (exact) mass is 266 g/mol. The molecule has 0 bridgehead atoms. The van der Waals surface area contributed by atoms with Crippen molar-refractivity contribution in [3.63, 3.8) is 0 Å². The predicted octanol–water partition coefficient (Wildman–Crippen LogP) is 0.681. The quantitative estimate of drug-likeness (QED) is 0.817. The van der Waals surface area contributed by atoms with E-state index in [1.807, 2.05) is 0 Å². The van der Waals surface area contributed by atoms with Crippen LogP contribution in [0.15, 0.2) is 0 Å². The summed E-state index contributed by atoms with van der Waals surface area (Å²) >= 11 is 0. The van der Waals surface area contributed by atoms with E-state index in [-0.39, 0.29) is 30.0 Å². The van der Waals surface area contributed by atoms with Gasteiger partial charge >= 0.3 is 0 Å². The molecule has 0 spiro atoms. The molecule has 1 N–H and O–H groups in total. The van der Waals surface area contributed by atoms with Crippen molar-refractivity contribution in [1.29, 1.82) is 0 Å². The highest BCUT2D eigenvalue weighted by Crippen LogP contribution is 2.35. The average molecular weight is 266 g/mol. The number of nitrogens with one attached hydrogen (secondary N) is 1. The molecule has 5 nitrogen and oxygen atoms in total. The molecule has 0 aromatic carbocycles. The molecule has 1 saturated carbocycles. The molecule has 2 heterocycles. The van der Waals surface area contributed by atoms with E-state index in [0.717, 1.165) is 38.7 Å². The van der Waals surface area contributed by atoms with E-state index in [1.165, 1.54) is 0 Å². The highest BCUT2D eigenvalue weighted by molar-refractivity contribution is 5.97. The summed E-state index contributed by atoms with van der Waals surface area (Å²) in [5, 5.41) is 2.87. The fourth-order valence-electron chi connectivity index (χ4n) is 3.01. The molecule has 19 heavy (non-hydrogen) atoms. The summed E-state index contributed by atoms with van der Waals surface area (Å²) < 4.78 is 5.70. The lowest BCUT2D eigenvalue weighted by atomic mass is 10.0. The van der Waals surface area contributed by atoms with E-state index in [9.17, 15) is 9.59 Å². The van der Waals surface area contributed by atoms with Crippen molar-refractivity contribution in [2.45, 2.75) is 57.2 Å². The molecular weight excluding hydrogens is 244 g/mol. The van der Waals surface area contributed by atoms with E-state index in [0.29, 0.717) is 12.5 Å². The standard InChI is InChI=1S/C14H22N2O3/c1-9-13(17)15-12(10-5-6-10)14(18)16(9)8-11-4-2-3-7-19-11/h9-12H,2-8H2,1H3,(H,15,17). The maximum Gasteiger partial charge on any atom is 0.246 e. The summed E-state index contributed by atoms with van der Waals surface area (Å²) in [6.07, 6.45) is 5.46. The van der Waals surface area contributed by atoms with Gasteiger partial charge < -0.3 is 15.0 Å². The lowest BCUT2D eigenvalue weighted by molar-refractivity contribution is -0.152. The van der Waals surface area contributed by atoms with Crippen LogP contribution in [0.1, 0.15) is 39.0 Å². The van der Waals surface area contributed by atoms with Crippen molar-refractivity contribution in [2.24, 2.45) is 5.92 Å². The topological polar surface area (TPSA) is 58.6 Å². The zero-order valence-corrected chi connectivity index (χ0v) is 11.4. The van der Waals surface area contributed by atoms with Crippen LogP contribution in [0.25, 0.3) is 0 Å². The van der Waals surface area contributed by atoms with Gasteiger partial charge in [0.05, 0.1) is 6.10 Å². The summed E-state index contributed by atoms with van der Waals surface area (Å²) in [5.74, 6) is 0.426. The number of amides is 2. The molecule has 2 saturated heterocycles. The Labute approximate surface area is 113 Å². The van der Waals surface area contributed by atoms with Crippen LogP contribution in [-0.4, -0.2) is 48.1 Å². The second-order valence-electron chi connectivity index (χ2n) is 5.98. The van der Waals surface area contributed by atoms with Crippen molar-refractivity contribution in [3.8, 4) is 0 Å². The molecule has 3 fully saturated rings. The van der Waals surface area contributed by atoms with Gasteiger partial charge in [-0.1, -0.05) is 0 Å². The van der Waals surface area contributed by atoms with E-state index >= 15 is 0 Å². The first kappa shape index (κ1) is 12.9. The predicted molar refractivity (Wildman–Crippen MR) is 69.4 cm³/mol. The maximum atomic E-state index is 12.5. The molecule has 3 atom stereocenters. The lowest BCUT2D eigenvalue weighted by Gasteiger charge is -2.39. The Morgan fingerprint density at radius 1 is 1.26 bits per heavy atom. The van der Waals surface area contributed by atoms with Gasteiger partial charge in [-0.05, 0) is 44.9 Å². The van der Waals surface area contributed by atoms with Gasteiger partial charge in [0.25, 0.3) is 0 Å². The van der Waals surface area contributed by atoms with Crippen LogP contribution >= 0.6 is 0 Å². The third-order valence-corrected chi connectivity index (χ3v) is 4.46. The third kappa shape index (κ3) is 2.61. The van der Waals surface area contributed by atoms with Crippen LogP contribution < -0.4 is 5.32 Å². The van der Waals surface area contributed by atoms with E-state index in [2.05, 4.69) is 5.32 Å². The number of ether oxygens (including phenoxy) is 1. The molecule has 5 heteroatoms. The number of hydrogen-bond acceptors (Lipinski definition) is 3. The Balaban J connectivity index is 1.68. The van der Waals surface area contributed by atoms with E-state index in [4.69, 9.17) is 4.74 Å². The minimum atomic E-state index is -0.368. The average Bonchev–Trinajstić information content (AvgIpc) is 3.24. The van der Waals surface area contributed by atoms with Crippen LogP contribution in [-0.2, 0) is 14.3 Å². The molecule has 3 rings (SSSR count). The molecule has 2 amide bonds. The van der Waals surface area contributed by atoms with Gasteiger partial charge in [-0.25, -0.2) is 0 Å². The number of carbonyl (C=O) groups excluding carboxylic acids is 2. The van der Waals surface area contributed by atoms with Gasteiger partial charge in [0.2, 0.25) is 11.8 Å². The Morgan fingerprint density at radius 2 is 2.05 bits per heavy atom. The number of piperazine rings is 1. The molecule has 2 aliphatic heterocycles. The molecule has 106 valence electrons. The molecular formula is C14H22N2O3. The van der Waals surface area contributed by atoms with Gasteiger partial charge in [0.1, 0.15) is 12.1 Å². The van der Waals surface area contributed by atoms with E-state index < -0.39 is 0 Å². The van der Waals surface area contributed by atoms with Crippen LogP contribution in [0.4, 0.5) is 0 Å². The van der Waals surface area contributed by atoms with Crippen LogP contribution in [0, 0.1) is 5.92 Å². The largest absolute Gasteiger partial charge is 0.376 e. The summed E-state index contributed by atoms with van der Waals surface area (Å²) in [6, 6.07) is -0.652. The second kappa shape index (κ2) is 5.12. The first-order chi connectivity index (χ1) is 9.16. The van der Waals surface area contributed by atoms with Gasteiger partial charge in [-0.15, -0.1) is 0 Å². The van der Waals surface area contributed by atoms with Crippen molar-refractivity contribution in [1.82, 2.24) is 10.2 Å². The van der Waals surface area contributed by atoms with E-state index in [1.54, 1.807) is 11.8 Å². The fraction of sp³-hybridized carbons (Fsp3) is 0.857. The summed E-state index contributed by atoms with van der Waals surface area (Å²) in [6.45, 7) is 3.15. The number of carbonyl (C=O) groups is 2. The number of rotatable bonds is 3. The van der Waals surface area contributed by atoms with Gasteiger partial charge in [0.15, 0.2) is 0 Å². The van der Waals surface area contributed by atoms with Crippen molar-refractivity contribution < 1.29 is 14.3 Å². The SMILES string of the molecule is CC1C(=O)NC(C2CC2)C(=O)N1CC1CCCCO1. The Bertz CT molecular complexity index is 375. The molecule has 1 aliphatic carbocycles. The van der Waals surface area contributed by atoms with Crippen molar-refractivity contribution >= 4 is 11.8 Å². The highest BCUT2D eigenvalue weighted by Gasteiger charge is 2.45. The normalized spacial score (nSPS) is 36.3. The van der Waals surface area contributed by atoms with Gasteiger partial charge in [-0.3, -0.25) is 9.59 Å². The minimum Gasteiger partial charge on any atom is -0.376 e. The maximum absolute atomic E-state index is 12.5. The van der Waals surface area contributed by atoms with Crippen molar-refractivity contribution in [3.05, 3.63) is 0 Å². The smallest absolute Gasteiger partial charge is 0.246 e. The lowest BCUT2D eigenvalue weighted by Crippen LogP contribution is -2.64. The molecule has 3 aliphatic rings. The summed E-state index contributed by atoms with van der Waals surface area (Å²) in [7, 11) is 0. The number of nitrogens with zero attached hydrogens (tertiary/aromatic N) is 1. The summed E-state index contributed by atoms with van der Waals surface area (Å²) in [4.78, 5) is 26.2. The minimum absolute atomic E-state index is 0.0210. The zero-order valence-electron chi connectivity index (χ0n) is 11.4. The molecule has 3 unspecified atom stereocenters. The Kier molecular flexibility index (Phi) is 3.48. The van der Waals surface area contributed by atoms with Crippen molar-refractivity contribution in [2.75, 3.05) is 13.2 Å². The Morgan fingerprint density at radius 3 is 2.68 bits per heavy atom.